The maximum atomic E-state index is 13.7. The van der Waals surface area contributed by atoms with E-state index in [0.29, 0.717) is 38.0 Å². The standard InChI is InChI=1S/C43H68O14/c1-21-28(45)30(47)32(49)34(54-21)57-33-31(48)29(46)24(20-44)55-35(33)56-27-12-13-40(5)25(38(27,2)3)11-14-42(7)26(40)10-9-22-23-19-39(4,36(50)51)15-17-43(23,37(52)53-8)18-16-41(22,42)6/h9,21,23-35,44-49H,10-20H2,1-8H3,(H,50,51)/t21-,23-,24+,25-,26+,27-,28-,29+,30+,31-,32+,33+,34-,35-,39+,40-,41+,42+,43-/m0/s1. The van der Waals surface area contributed by atoms with Gasteiger partial charge in [0, 0.05) is 0 Å². The van der Waals surface area contributed by atoms with Crippen LogP contribution in [0, 0.1) is 50.2 Å². The third-order valence-corrected chi connectivity index (χ3v) is 17.7. The first-order valence-electron chi connectivity index (χ1n) is 21.2. The maximum Gasteiger partial charge on any atom is 0.312 e. The van der Waals surface area contributed by atoms with E-state index in [1.54, 1.807) is 0 Å². The van der Waals surface area contributed by atoms with Crippen LogP contribution in [-0.2, 0) is 33.3 Å². The van der Waals surface area contributed by atoms with Crippen molar-refractivity contribution in [3.8, 4) is 0 Å². The SMILES string of the molecule is COC(=O)[C@]12CC[C@@](C)(C(=O)O)C[C@H]1C1=CC[C@@H]3[C@@]4(C)CC[C@H](O[C@@H]5O[C@H](CO)[C@@H](O)[C@H](O)[C@H]5O[C@@H]5O[C@@H](C)[C@H](O)[C@@H](O)[C@H]5O)C(C)(C)[C@@H]4CC[C@@]3(C)[C@]1(C)CC2. The smallest absolute Gasteiger partial charge is 0.312 e. The number of methoxy groups -OCH3 is 1. The second-order valence-electron chi connectivity index (χ2n) is 20.5. The van der Waals surface area contributed by atoms with Gasteiger partial charge >= 0.3 is 11.9 Å². The van der Waals surface area contributed by atoms with Crippen LogP contribution >= 0.6 is 0 Å². The van der Waals surface area contributed by atoms with Gasteiger partial charge in [0.15, 0.2) is 12.6 Å². The molecule has 19 atom stereocenters. The lowest BCUT2D eigenvalue weighted by molar-refractivity contribution is -0.376. The van der Waals surface area contributed by atoms with E-state index in [2.05, 4.69) is 40.7 Å². The number of carboxylic acid groups (broad SMARTS) is 1. The summed E-state index contributed by atoms with van der Waals surface area (Å²) in [4.78, 5) is 26.3. The second kappa shape index (κ2) is 14.7. The number of carbonyl (C=O) groups excluding carboxylic acids is 1. The summed E-state index contributed by atoms with van der Waals surface area (Å²) >= 11 is 0. The fourth-order valence-electron chi connectivity index (χ4n) is 13.8. The number of fused-ring (bicyclic) bond motifs is 7. The Morgan fingerprint density at radius 2 is 1.47 bits per heavy atom. The maximum absolute atomic E-state index is 13.7. The molecule has 5 aliphatic carbocycles. The van der Waals surface area contributed by atoms with Crippen molar-refractivity contribution in [3.63, 3.8) is 0 Å². The number of allylic oxidation sites excluding steroid dienone is 2. The molecule has 0 amide bonds. The summed E-state index contributed by atoms with van der Waals surface area (Å²) in [6.07, 6.45) is -4.96. The van der Waals surface area contributed by atoms with Gasteiger partial charge in [-0.25, -0.2) is 0 Å². The zero-order valence-corrected chi connectivity index (χ0v) is 34.9. The topological polar surface area (TPSA) is 222 Å². The Morgan fingerprint density at radius 1 is 0.789 bits per heavy atom. The molecular weight excluding hydrogens is 740 g/mol. The van der Waals surface area contributed by atoms with Gasteiger partial charge in [-0.3, -0.25) is 9.59 Å². The summed E-state index contributed by atoms with van der Waals surface area (Å²) in [6, 6.07) is 0. The fraction of sp³-hybridized carbons (Fsp3) is 0.907. The highest BCUT2D eigenvalue weighted by atomic mass is 16.8. The van der Waals surface area contributed by atoms with Gasteiger partial charge in [0.25, 0.3) is 0 Å². The van der Waals surface area contributed by atoms with E-state index in [1.165, 1.54) is 19.6 Å². The lowest BCUT2D eigenvalue weighted by atomic mass is 9.33. The number of carbonyl (C=O) groups is 2. The van der Waals surface area contributed by atoms with Crippen LogP contribution in [0.3, 0.4) is 0 Å². The van der Waals surface area contributed by atoms with Gasteiger partial charge in [0.1, 0.15) is 42.7 Å². The average molecular weight is 809 g/mol. The highest BCUT2D eigenvalue weighted by Gasteiger charge is 2.70. The number of hydrogen-bond acceptors (Lipinski definition) is 13. The molecule has 14 heteroatoms. The van der Waals surface area contributed by atoms with Crippen LogP contribution in [0.5, 0.6) is 0 Å². The lowest BCUT2D eigenvalue weighted by Gasteiger charge is -2.71. The van der Waals surface area contributed by atoms with Crippen molar-refractivity contribution in [2.45, 2.75) is 180 Å². The lowest BCUT2D eigenvalue weighted by Crippen LogP contribution is -2.67. The van der Waals surface area contributed by atoms with Gasteiger partial charge in [0.2, 0.25) is 0 Å². The van der Waals surface area contributed by atoms with E-state index in [4.69, 9.17) is 23.7 Å². The number of aliphatic hydroxyl groups excluding tert-OH is 6. The summed E-state index contributed by atoms with van der Waals surface area (Å²) < 4.78 is 30.1. The van der Waals surface area contributed by atoms with Crippen molar-refractivity contribution in [2.75, 3.05) is 13.7 Å². The molecule has 324 valence electrons. The van der Waals surface area contributed by atoms with E-state index >= 15 is 0 Å². The Balaban J connectivity index is 1.16. The van der Waals surface area contributed by atoms with Crippen LogP contribution in [0.1, 0.15) is 113 Å². The minimum Gasteiger partial charge on any atom is -0.481 e. The van der Waals surface area contributed by atoms with Crippen molar-refractivity contribution >= 4 is 11.9 Å². The highest BCUT2D eigenvalue weighted by Crippen LogP contribution is 2.76. The third kappa shape index (κ3) is 6.31. The largest absolute Gasteiger partial charge is 0.481 e. The number of carboxylic acids is 1. The summed E-state index contributed by atoms with van der Waals surface area (Å²) in [5.41, 5.74) is -1.30. The zero-order chi connectivity index (χ0) is 41.8. The second-order valence-corrected chi connectivity index (χ2v) is 20.5. The number of rotatable bonds is 7. The van der Waals surface area contributed by atoms with Gasteiger partial charge < -0.3 is 59.4 Å². The van der Waals surface area contributed by atoms with E-state index in [1.807, 2.05) is 6.92 Å². The quantitative estimate of drug-likeness (QED) is 0.112. The summed E-state index contributed by atoms with van der Waals surface area (Å²) in [6.45, 7) is 14.4. The van der Waals surface area contributed by atoms with Gasteiger partial charge in [-0.05, 0) is 117 Å². The van der Waals surface area contributed by atoms with Gasteiger partial charge in [0.05, 0.1) is 36.8 Å². The number of aliphatic carboxylic acids is 1. The molecule has 4 saturated carbocycles. The van der Waals surface area contributed by atoms with Crippen molar-refractivity contribution in [2.24, 2.45) is 50.2 Å². The summed E-state index contributed by atoms with van der Waals surface area (Å²) in [7, 11) is 1.45. The molecule has 57 heavy (non-hydrogen) atoms. The van der Waals surface area contributed by atoms with Gasteiger partial charge in [-0.15, -0.1) is 0 Å². The third-order valence-electron chi connectivity index (χ3n) is 17.7. The molecule has 0 radical (unpaired) electrons. The Hall–Kier alpha value is -1.72. The first-order chi connectivity index (χ1) is 26.6. The molecule has 0 unspecified atom stereocenters. The molecule has 6 fully saturated rings. The van der Waals surface area contributed by atoms with Crippen molar-refractivity contribution in [3.05, 3.63) is 11.6 Å². The van der Waals surface area contributed by atoms with E-state index in [-0.39, 0.29) is 34.1 Å². The Labute approximate surface area is 336 Å². The van der Waals surface area contributed by atoms with Crippen LogP contribution in [0.25, 0.3) is 0 Å². The molecule has 0 aromatic rings. The first-order valence-corrected chi connectivity index (χ1v) is 21.2. The average Bonchev–Trinajstić information content (AvgIpc) is 3.16. The van der Waals surface area contributed by atoms with E-state index in [0.717, 1.165) is 32.1 Å². The number of hydrogen-bond donors (Lipinski definition) is 7. The predicted octanol–water partition coefficient (Wildman–Crippen LogP) is 3.06. The minimum atomic E-state index is -1.66. The molecule has 0 bridgehead atoms. The normalized spacial score (nSPS) is 53.3. The highest BCUT2D eigenvalue weighted by molar-refractivity contribution is 5.80. The monoisotopic (exact) mass is 808 g/mol. The molecule has 0 aromatic carbocycles. The minimum absolute atomic E-state index is 0.111. The van der Waals surface area contributed by atoms with Crippen molar-refractivity contribution in [1.29, 1.82) is 0 Å². The number of esters is 1. The molecule has 2 heterocycles. The Morgan fingerprint density at radius 3 is 2.12 bits per heavy atom. The molecule has 2 saturated heterocycles. The van der Waals surface area contributed by atoms with Crippen LogP contribution < -0.4 is 0 Å². The summed E-state index contributed by atoms with van der Waals surface area (Å²) in [5, 5.41) is 74.0. The molecule has 14 nitrogen and oxygen atoms in total. The number of ether oxygens (including phenoxy) is 5. The van der Waals surface area contributed by atoms with Gasteiger partial charge in [-0.1, -0.05) is 46.3 Å². The zero-order valence-electron chi connectivity index (χ0n) is 34.9. The van der Waals surface area contributed by atoms with Crippen molar-refractivity contribution in [1.82, 2.24) is 0 Å². The fourth-order valence-corrected chi connectivity index (χ4v) is 13.8. The molecule has 0 aromatic heterocycles. The number of aliphatic hydroxyl groups is 6. The van der Waals surface area contributed by atoms with Crippen LogP contribution in [-0.4, -0.2) is 129 Å². The van der Waals surface area contributed by atoms with Crippen molar-refractivity contribution < 1.29 is 69.0 Å². The van der Waals surface area contributed by atoms with E-state index < -0.39 is 96.3 Å². The Bertz CT molecular complexity index is 1590. The first kappa shape index (κ1) is 43.4. The predicted molar refractivity (Wildman–Crippen MR) is 203 cm³/mol. The van der Waals surface area contributed by atoms with Crippen LogP contribution in [0.2, 0.25) is 0 Å². The summed E-state index contributed by atoms with van der Waals surface area (Å²) in [5.74, 6) is -0.742. The molecular formula is C43H68O14. The van der Waals surface area contributed by atoms with Gasteiger partial charge in [-0.2, -0.15) is 0 Å². The van der Waals surface area contributed by atoms with E-state index in [9.17, 15) is 45.3 Å². The molecule has 2 aliphatic heterocycles. The molecule has 7 aliphatic rings. The molecule has 7 rings (SSSR count). The molecule has 7 N–H and O–H groups in total. The van der Waals surface area contributed by atoms with Crippen LogP contribution in [0.15, 0.2) is 11.6 Å². The van der Waals surface area contributed by atoms with Crippen LogP contribution in [0.4, 0.5) is 0 Å². The Kier molecular flexibility index (Phi) is 11.2. The molecule has 0 spiro atoms.